The standard InChI is InChI=1S/C12H5Cl7O2/c13-3-1-5(20)7(10(17)8(3)15)12(19)6(21)2-4(14)9(16)11(12)18/h1-2,6,20-21H. The minimum atomic E-state index is -1.84. The molecule has 0 saturated carbocycles. The first kappa shape index (κ1) is 17.8. The molecule has 2 N–H and O–H groups in total. The van der Waals surface area contributed by atoms with E-state index in [1.54, 1.807) is 0 Å². The molecule has 0 aliphatic heterocycles. The lowest BCUT2D eigenvalue weighted by Gasteiger charge is -2.35. The summed E-state index contributed by atoms with van der Waals surface area (Å²) in [6.07, 6.45) is -0.219. The summed E-state index contributed by atoms with van der Waals surface area (Å²) in [6.45, 7) is 0. The van der Waals surface area contributed by atoms with E-state index in [9.17, 15) is 10.2 Å². The van der Waals surface area contributed by atoms with Crippen LogP contribution in [0.2, 0.25) is 15.1 Å². The second-order valence-corrected chi connectivity index (χ2v) is 7.10. The number of aliphatic hydroxyl groups excluding tert-OH is 1. The predicted octanol–water partition coefficient (Wildman–Crippen LogP) is 5.97. The van der Waals surface area contributed by atoms with Crippen LogP contribution in [0.3, 0.4) is 0 Å². The summed E-state index contributed by atoms with van der Waals surface area (Å²) in [5.41, 5.74) is -0.115. The van der Waals surface area contributed by atoms with Crippen molar-refractivity contribution < 1.29 is 10.2 Å². The van der Waals surface area contributed by atoms with Crippen LogP contribution in [0.25, 0.3) is 0 Å². The van der Waals surface area contributed by atoms with Crippen molar-refractivity contribution in [2.75, 3.05) is 0 Å². The van der Waals surface area contributed by atoms with Gasteiger partial charge >= 0.3 is 0 Å². The molecule has 0 aromatic heterocycles. The summed E-state index contributed by atoms with van der Waals surface area (Å²) in [5, 5.41) is 19.9. The molecule has 1 aliphatic rings. The Labute approximate surface area is 155 Å². The fourth-order valence-electron chi connectivity index (χ4n) is 1.91. The number of hydrogen-bond donors (Lipinski definition) is 2. The lowest BCUT2D eigenvalue weighted by Crippen LogP contribution is -2.36. The van der Waals surface area contributed by atoms with Crippen molar-refractivity contribution >= 4 is 81.2 Å². The highest BCUT2D eigenvalue weighted by Crippen LogP contribution is 2.55. The van der Waals surface area contributed by atoms with Crippen LogP contribution in [0, 0.1) is 0 Å². The Hall–Kier alpha value is 0.490. The smallest absolute Gasteiger partial charge is 0.141 e. The highest BCUT2D eigenvalue weighted by atomic mass is 35.5. The van der Waals surface area contributed by atoms with E-state index in [0.717, 1.165) is 6.07 Å². The normalized spacial score (nSPS) is 26.1. The Morgan fingerprint density at radius 2 is 1.57 bits per heavy atom. The number of phenols is 1. The Balaban J connectivity index is 2.81. The predicted molar refractivity (Wildman–Crippen MR) is 89.3 cm³/mol. The molecule has 0 fully saturated rings. The van der Waals surface area contributed by atoms with Gasteiger partial charge in [0.2, 0.25) is 0 Å². The van der Waals surface area contributed by atoms with Crippen LogP contribution in [-0.4, -0.2) is 16.3 Å². The van der Waals surface area contributed by atoms with Crippen LogP contribution >= 0.6 is 81.2 Å². The third-order valence-corrected chi connectivity index (χ3v) is 6.29. The molecule has 2 unspecified atom stereocenters. The first-order chi connectivity index (χ1) is 9.62. The van der Waals surface area contributed by atoms with Crippen LogP contribution in [0.4, 0.5) is 0 Å². The molecule has 2 nitrogen and oxygen atoms in total. The molecule has 0 bridgehead atoms. The highest BCUT2D eigenvalue weighted by molar-refractivity contribution is 6.52. The Morgan fingerprint density at radius 3 is 2.14 bits per heavy atom. The number of benzene rings is 1. The fraction of sp³-hybridized carbons (Fsp3) is 0.167. The molecule has 1 aliphatic carbocycles. The van der Waals surface area contributed by atoms with Crippen molar-refractivity contribution in [1.82, 2.24) is 0 Å². The first-order valence-electron chi connectivity index (χ1n) is 5.29. The SMILES string of the molecule is Oc1cc(Cl)c(Cl)c(Cl)c1C1(Cl)C(Cl)=C(Cl)C(Cl)=CC1O. The maximum atomic E-state index is 10.2. The largest absolute Gasteiger partial charge is 0.507 e. The Kier molecular flexibility index (Phi) is 5.25. The number of halogens is 7. The summed E-state index contributed by atoms with van der Waals surface area (Å²) < 4.78 is 0. The van der Waals surface area contributed by atoms with E-state index in [4.69, 9.17) is 81.2 Å². The van der Waals surface area contributed by atoms with Gasteiger partial charge < -0.3 is 10.2 Å². The van der Waals surface area contributed by atoms with Gasteiger partial charge in [-0.1, -0.05) is 69.6 Å². The van der Waals surface area contributed by atoms with Gasteiger partial charge in [0.15, 0.2) is 0 Å². The zero-order valence-electron chi connectivity index (χ0n) is 9.77. The van der Waals surface area contributed by atoms with Crippen LogP contribution < -0.4 is 0 Å². The molecule has 21 heavy (non-hydrogen) atoms. The summed E-state index contributed by atoms with van der Waals surface area (Å²) in [4.78, 5) is -1.84. The molecule has 0 spiro atoms. The lowest BCUT2D eigenvalue weighted by atomic mass is 9.87. The van der Waals surface area contributed by atoms with Gasteiger partial charge in [-0.3, -0.25) is 0 Å². The second kappa shape index (κ2) is 6.18. The topological polar surface area (TPSA) is 40.5 Å². The molecule has 1 aromatic carbocycles. The number of rotatable bonds is 1. The number of allylic oxidation sites excluding steroid dienone is 2. The van der Waals surface area contributed by atoms with E-state index in [-0.39, 0.29) is 35.7 Å². The molecule has 0 saturated heterocycles. The molecular formula is C12H5Cl7O2. The van der Waals surface area contributed by atoms with Crippen LogP contribution in [0.5, 0.6) is 5.75 Å². The van der Waals surface area contributed by atoms with Gasteiger partial charge in [0.25, 0.3) is 0 Å². The monoisotopic (exact) mass is 426 g/mol. The van der Waals surface area contributed by atoms with E-state index in [1.807, 2.05) is 0 Å². The summed E-state index contributed by atoms with van der Waals surface area (Å²) in [6, 6.07) is 1.14. The zero-order chi connectivity index (χ0) is 16.1. The van der Waals surface area contributed by atoms with Gasteiger partial charge in [-0.25, -0.2) is 0 Å². The average molecular weight is 429 g/mol. The van der Waals surface area contributed by atoms with Crippen molar-refractivity contribution in [2.24, 2.45) is 0 Å². The van der Waals surface area contributed by atoms with E-state index in [2.05, 4.69) is 0 Å². The van der Waals surface area contributed by atoms with Gasteiger partial charge in [0.1, 0.15) is 16.7 Å². The second-order valence-electron chi connectivity index (χ2n) is 4.18. The van der Waals surface area contributed by atoms with E-state index >= 15 is 0 Å². The third-order valence-electron chi connectivity index (χ3n) is 2.94. The van der Waals surface area contributed by atoms with Crippen molar-refractivity contribution in [3.05, 3.63) is 47.9 Å². The number of aromatic hydroxyl groups is 1. The molecule has 0 heterocycles. The van der Waals surface area contributed by atoms with Gasteiger partial charge in [-0.15, -0.1) is 11.6 Å². The van der Waals surface area contributed by atoms with Crippen LogP contribution in [-0.2, 0) is 4.87 Å². The van der Waals surface area contributed by atoms with Crippen molar-refractivity contribution in [1.29, 1.82) is 0 Å². The third kappa shape index (κ3) is 2.75. The molecule has 2 atom stereocenters. The maximum absolute atomic E-state index is 10.2. The van der Waals surface area contributed by atoms with Gasteiger partial charge in [0.05, 0.1) is 30.2 Å². The van der Waals surface area contributed by atoms with Crippen LogP contribution in [0.15, 0.2) is 27.2 Å². The first-order valence-corrected chi connectivity index (χ1v) is 7.94. The van der Waals surface area contributed by atoms with Crippen molar-refractivity contribution in [2.45, 2.75) is 11.0 Å². The van der Waals surface area contributed by atoms with E-state index in [0.29, 0.717) is 0 Å². The molecular weight excluding hydrogens is 424 g/mol. The lowest BCUT2D eigenvalue weighted by molar-refractivity contribution is 0.184. The fourth-order valence-corrected chi connectivity index (χ4v) is 3.88. The molecule has 114 valence electrons. The highest BCUT2D eigenvalue weighted by Gasteiger charge is 2.48. The van der Waals surface area contributed by atoms with E-state index < -0.39 is 16.7 Å². The van der Waals surface area contributed by atoms with Gasteiger partial charge in [-0.2, -0.15) is 0 Å². The molecule has 9 heteroatoms. The van der Waals surface area contributed by atoms with Crippen molar-refractivity contribution in [3.8, 4) is 5.75 Å². The van der Waals surface area contributed by atoms with Gasteiger partial charge in [0, 0.05) is 11.6 Å². The Morgan fingerprint density at radius 1 is 1.00 bits per heavy atom. The summed E-state index contributed by atoms with van der Waals surface area (Å²) >= 11 is 42.2. The minimum absolute atomic E-state index is 0.0215. The van der Waals surface area contributed by atoms with Gasteiger partial charge in [-0.05, 0) is 6.08 Å². The number of hydrogen-bond acceptors (Lipinski definition) is 2. The Bertz CT molecular complexity index is 683. The number of alkyl halides is 1. The number of aliphatic hydroxyl groups is 1. The molecule has 0 amide bonds. The zero-order valence-corrected chi connectivity index (χ0v) is 15.1. The quantitative estimate of drug-likeness (QED) is 0.426. The van der Waals surface area contributed by atoms with Crippen molar-refractivity contribution in [3.63, 3.8) is 0 Å². The summed E-state index contributed by atoms with van der Waals surface area (Å²) in [7, 11) is 0. The number of phenolic OH excluding ortho intramolecular Hbond substituents is 1. The average Bonchev–Trinajstić information content (AvgIpc) is 2.41. The molecule has 2 rings (SSSR count). The molecule has 1 aromatic rings. The maximum Gasteiger partial charge on any atom is 0.141 e. The minimum Gasteiger partial charge on any atom is -0.507 e. The summed E-state index contributed by atoms with van der Waals surface area (Å²) in [5.74, 6) is -0.391. The molecule has 0 radical (unpaired) electrons. The van der Waals surface area contributed by atoms with E-state index in [1.165, 1.54) is 6.08 Å². The van der Waals surface area contributed by atoms with Crippen LogP contribution in [0.1, 0.15) is 5.56 Å².